The summed E-state index contributed by atoms with van der Waals surface area (Å²) < 4.78 is 0. The zero-order chi connectivity index (χ0) is 19.3. The van der Waals surface area contributed by atoms with E-state index in [2.05, 4.69) is 27.0 Å². The quantitative estimate of drug-likeness (QED) is 0.710. The molecule has 4 rings (SSSR count). The van der Waals surface area contributed by atoms with E-state index in [1.807, 2.05) is 30.5 Å². The molecule has 0 bridgehead atoms. The molecule has 0 aliphatic carbocycles. The molecule has 1 saturated heterocycles. The Labute approximate surface area is 164 Å². The largest absolute Gasteiger partial charge is 0.478 e. The van der Waals surface area contributed by atoms with E-state index in [-0.39, 0.29) is 0 Å². The second-order valence-corrected chi connectivity index (χ2v) is 7.34. The van der Waals surface area contributed by atoms with Crippen LogP contribution < -0.4 is 0 Å². The van der Waals surface area contributed by atoms with E-state index in [9.17, 15) is 9.90 Å². The van der Waals surface area contributed by atoms with Crippen LogP contribution in [-0.4, -0.2) is 39.0 Å². The normalized spacial score (nSPS) is 16.9. The van der Waals surface area contributed by atoms with E-state index >= 15 is 0 Å². The van der Waals surface area contributed by atoms with Gasteiger partial charge >= 0.3 is 5.97 Å². The second kappa shape index (κ2) is 8.31. The van der Waals surface area contributed by atoms with Gasteiger partial charge in [-0.05, 0) is 48.1 Å². The third-order valence-electron chi connectivity index (χ3n) is 5.31. The third-order valence-corrected chi connectivity index (χ3v) is 5.31. The number of likely N-dealkylation sites (tertiary alicyclic amines) is 1. The lowest BCUT2D eigenvalue weighted by Crippen LogP contribution is -2.20. The number of hydrogen-bond acceptors (Lipinski definition) is 4. The number of aromatic nitrogens is 2. The molecule has 1 fully saturated rings. The van der Waals surface area contributed by atoms with Crippen molar-refractivity contribution in [3.63, 3.8) is 0 Å². The highest BCUT2D eigenvalue weighted by molar-refractivity contribution is 5.95. The SMILES string of the molecule is O=C(O)c1ccccc1-c1ccc(CN2CCC(Cc3cnccn3)C2)cc1. The van der Waals surface area contributed by atoms with Crippen LogP contribution in [0.15, 0.2) is 67.1 Å². The lowest BCUT2D eigenvalue weighted by atomic mass is 9.98. The minimum Gasteiger partial charge on any atom is -0.478 e. The molecule has 1 aliphatic rings. The van der Waals surface area contributed by atoms with Crippen LogP contribution in [0.25, 0.3) is 11.1 Å². The maximum atomic E-state index is 11.4. The molecule has 0 spiro atoms. The summed E-state index contributed by atoms with van der Waals surface area (Å²) in [7, 11) is 0. The zero-order valence-corrected chi connectivity index (χ0v) is 15.7. The van der Waals surface area contributed by atoms with Gasteiger partial charge in [-0.15, -0.1) is 0 Å². The topological polar surface area (TPSA) is 66.3 Å². The van der Waals surface area contributed by atoms with Crippen LogP contribution in [0.4, 0.5) is 0 Å². The first-order chi connectivity index (χ1) is 13.7. The van der Waals surface area contributed by atoms with Crippen LogP contribution >= 0.6 is 0 Å². The molecule has 1 aromatic heterocycles. The van der Waals surface area contributed by atoms with Gasteiger partial charge in [0.25, 0.3) is 0 Å². The monoisotopic (exact) mass is 373 g/mol. The minimum atomic E-state index is -0.897. The minimum absolute atomic E-state index is 0.335. The standard InChI is InChI=1S/C23H23N3O2/c27-23(28)22-4-2-1-3-21(22)19-7-5-17(6-8-19)15-26-12-9-18(16-26)13-20-14-24-10-11-25-20/h1-8,10-11,14,18H,9,12-13,15-16H2,(H,27,28). The number of carbonyl (C=O) groups is 1. The molecular formula is C23H23N3O2. The van der Waals surface area contributed by atoms with E-state index in [0.717, 1.165) is 42.9 Å². The predicted molar refractivity (Wildman–Crippen MR) is 108 cm³/mol. The summed E-state index contributed by atoms with van der Waals surface area (Å²) in [6.07, 6.45) is 7.49. The van der Waals surface area contributed by atoms with E-state index in [1.165, 1.54) is 12.0 Å². The first-order valence-electron chi connectivity index (χ1n) is 9.58. The number of aromatic carboxylic acids is 1. The number of nitrogens with zero attached hydrogens (tertiary/aromatic N) is 3. The van der Waals surface area contributed by atoms with Crippen molar-refractivity contribution < 1.29 is 9.90 Å². The molecule has 0 saturated carbocycles. The lowest BCUT2D eigenvalue weighted by molar-refractivity contribution is 0.0697. The Hall–Kier alpha value is -3.05. The Morgan fingerprint density at radius 3 is 2.68 bits per heavy atom. The van der Waals surface area contributed by atoms with Crippen LogP contribution in [0.3, 0.4) is 0 Å². The molecule has 28 heavy (non-hydrogen) atoms. The molecule has 0 radical (unpaired) electrons. The van der Waals surface area contributed by atoms with Crippen molar-refractivity contribution >= 4 is 5.97 Å². The van der Waals surface area contributed by atoms with Gasteiger partial charge in [-0.25, -0.2) is 4.79 Å². The molecule has 1 N–H and O–H groups in total. The van der Waals surface area contributed by atoms with E-state index < -0.39 is 5.97 Å². The highest BCUT2D eigenvalue weighted by Crippen LogP contribution is 2.26. The predicted octanol–water partition coefficient (Wildman–Crippen LogP) is 3.91. The second-order valence-electron chi connectivity index (χ2n) is 7.34. The summed E-state index contributed by atoms with van der Waals surface area (Å²) in [6.45, 7) is 3.08. The lowest BCUT2D eigenvalue weighted by Gasteiger charge is -2.16. The van der Waals surface area contributed by atoms with Crippen molar-refractivity contribution in [2.45, 2.75) is 19.4 Å². The Kier molecular flexibility index (Phi) is 5.44. The van der Waals surface area contributed by atoms with E-state index in [4.69, 9.17) is 0 Å². The number of rotatable bonds is 6. The molecule has 1 atom stereocenters. The molecule has 5 heteroatoms. The molecule has 5 nitrogen and oxygen atoms in total. The van der Waals surface area contributed by atoms with Crippen molar-refractivity contribution in [1.82, 2.24) is 14.9 Å². The summed E-state index contributed by atoms with van der Waals surface area (Å²) in [5.74, 6) is -0.274. The maximum absolute atomic E-state index is 11.4. The van der Waals surface area contributed by atoms with Crippen LogP contribution in [0.2, 0.25) is 0 Å². The Morgan fingerprint density at radius 2 is 1.93 bits per heavy atom. The summed E-state index contributed by atoms with van der Waals surface area (Å²) in [5, 5.41) is 9.39. The summed E-state index contributed by atoms with van der Waals surface area (Å²) in [4.78, 5) is 22.4. The van der Waals surface area contributed by atoms with Gasteiger partial charge in [0.15, 0.2) is 0 Å². The Bertz CT molecular complexity index is 942. The molecule has 0 amide bonds. The van der Waals surface area contributed by atoms with Crippen LogP contribution in [0.1, 0.15) is 28.0 Å². The highest BCUT2D eigenvalue weighted by atomic mass is 16.4. The molecule has 2 aromatic carbocycles. The highest BCUT2D eigenvalue weighted by Gasteiger charge is 2.23. The van der Waals surface area contributed by atoms with Crippen molar-refractivity contribution in [3.8, 4) is 11.1 Å². The molecule has 1 unspecified atom stereocenters. The molecule has 2 heterocycles. The first kappa shape index (κ1) is 18.3. The van der Waals surface area contributed by atoms with Crippen LogP contribution in [-0.2, 0) is 13.0 Å². The van der Waals surface area contributed by atoms with Crippen molar-refractivity contribution in [1.29, 1.82) is 0 Å². The average Bonchev–Trinajstić information content (AvgIpc) is 3.16. The number of hydrogen-bond donors (Lipinski definition) is 1. The fourth-order valence-corrected chi connectivity index (χ4v) is 3.92. The number of benzene rings is 2. The fraction of sp³-hybridized carbons (Fsp3) is 0.261. The smallest absolute Gasteiger partial charge is 0.336 e. The fourth-order valence-electron chi connectivity index (χ4n) is 3.92. The molecule has 142 valence electrons. The zero-order valence-electron chi connectivity index (χ0n) is 15.7. The summed E-state index contributed by atoms with van der Waals surface area (Å²) in [6, 6.07) is 15.4. The van der Waals surface area contributed by atoms with Crippen LogP contribution in [0, 0.1) is 5.92 Å². The Morgan fingerprint density at radius 1 is 1.11 bits per heavy atom. The van der Waals surface area contributed by atoms with E-state index in [0.29, 0.717) is 11.5 Å². The van der Waals surface area contributed by atoms with Gasteiger partial charge in [-0.1, -0.05) is 42.5 Å². The van der Waals surface area contributed by atoms with Crippen molar-refractivity contribution in [2.75, 3.05) is 13.1 Å². The van der Waals surface area contributed by atoms with Gasteiger partial charge in [0.2, 0.25) is 0 Å². The molecule has 1 aliphatic heterocycles. The average molecular weight is 373 g/mol. The van der Waals surface area contributed by atoms with Crippen LogP contribution in [0.5, 0.6) is 0 Å². The third kappa shape index (κ3) is 4.26. The van der Waals surface area contributed by atoms with Gasteiger partial charge < -0.3 is 5.11 Å². The van der Waals surface area contributed by atoms with Gasteiger partial charge in [0.1, 0.15) is 0 Å². The van der Waals surface area contributed by atoms with Gasteiger partial charge in [0, 0.05) is 31.7 Å². The first-order valence-corrected chi connectivity index (χ1v) is 9.58. The van der Waals surface area contributed by atoms with Gasteiger partial charge in [0.05, 0.1) is 11.3 Å². The summed E-state index contributed by atoms with van der Waals surface area (Å²) in [5.41, 5.74) is 4.34. The van der Waals surface area contributed by atoms with Gasteiger partial charge in [-0.3, -0.25) is 14.9 Å². The van der Waals surface area contributed by atoms with E-state index in [1.54, 1.807) is 24.5 Å². The number of carboxylic acids is 1. The van der Waals surface area contributed by atoms with Crippen molar-refractivity contribution in [2.24, 2.45) is 5.92 Å². The maximum Gasteiger partial charge on any atom is 0.336 e. The molecular weight excluding hydrogens is 350 g/mol. The Balaban J connectivity index is 1.38. The summed E-state index contributed by atoms with van der Waals surface area (Å²) >= 11 is 0. The van der Waals surface area contributed by atoms with Gasteiger partial charge in [-0.2, -0.15) is 0 Å². The molecule has 3 aromatic rings. The number of carboxylic acid groups (broad SMARTS) is 1. The van der Waals surface area contributed by atoms with Crippen molar-refractivity contribution in [3.05, 3.63) is 83.9 Å².